The van der Waals surface area contributed by atoms with E-state index in [9.17, 15) is 13.2 Å². The first-order valence-electron chi connectivity index (χ1n) is 5.68. The second-order valence-electron chi connectivity index (χ2n) is 4.30. The molecular weight excluding hydrogens is 250 g/mol. The van der Waals surface area contributed by atoms with Gasteiger partial charge >= 0.3 is 0 Å². The summed E-state index contributed by atoms with van der Waals surface area (Å²) in [5, 5.41) is 3.54. The van der Waals surface area contributed by atoms with Gasteiger partial charge in [-0.2, -0.15) is 0 Å². The molecule has 0 aromatic heterocycles. The summed E-state index contributed by atoms with van der Waals surface area (Å²) in [7, 11) is -3.54. The first kappa shape index (κ1) is 14.4. The lowest BCUT2D eigenvalue weighted by Gasteiger charge is -2.04. The largest absolute Gasteiger partial charge is 0.352 e. The van der Waals surface area contributed by atoms with Crippen molar-refractivity contribution in [2.75, 3.05) is 6.54 Å². The van der Waals surface area contributed by atoms with Gasteiger partial charge < -0.3 is 5.32 Å². The van der Waals surface area contributed by atoms with E-state index in [4.69, 9.17) is 0 Å². The van der Waals surface area contributed by atoms with Gasteiger partial charge in [-0.3, -0.25) is 4.79 Å². The summed E-state index contributed by atoms with van der Waals surface area (Å²) in [5.41, 5.74) is 0. The van der Waals surface area contributed by atoms with Crippen LogP contribution in [0, 0.1) is 5.92 Å². The molecule has 98 valence electrons. The summed E-state index contributed by atoms with van der Waals surface area (Å²) in [4.78, 5) is 11.5. The fourth-order valence-electron chi connectivity index (χ4n) is 1.20. The molecule has 1 amide bonds. The van der Waals surface area contributed by atoms with Gasteiger partial charge in [0, 0.05) is 18.0 Å². The first-order chi connectivity index (χ1) is 8.42. The van der Waals surface area contributed by atoms with Crippen molar-refractivity contribution >= 4 is 15.7 Å². The third kappa shape index (κ3) is 4.71. The van der Waals surface area contributed by atoms with E-state index in [2.05, 4.69) is 5.32 Å². The number of benzene rings is 1. The molecule has 0 aliphatic rings. The smallest absolute Gasteiger partial charge is 0.244 e. The Kier molecular flexibility index (Phi) is 5.09. The summed E-state index contributed by atoms with van der Waals surface area (Å²) in [6, 6.07) is 7.99. The van der Waals surface area contributed by atoms with Crippen molar-refractivity contribution in [1.29, 1.82) is 0 Å². The zero-order valence-electron chi connectivity index (χ0n) is 10.5. The third-order valence-corrected chi connectivity index (χ3v) is 3.58. The molecule has 0 fully saturated rings. The Balaban J connectivity index is 2.69. The Morgan fingerprint density at radius 2 is 1.89 bits per heavy atom. The number of hydrogen-bond donors (Lipinski definition) is 1. The van der Waals surface area contributed by atoms with Crippen molar-refractivity contribution in [3.05, 3.63) is 41.8 Å². The number of carbonyl (C=O) groups is 1. The molecule has 1 rings (SSSR count). The zero-order chi connectivity index (χ0) is 13.6. The molecule has 0 saturated carbocycles. The molecular formula is C13H17NO3S. The van der Waals surface area contributed by atoms with E-state index in [1.54, 1.807) is 18.2 Å². The summed E-state index contributed by atoms with van der Waals surface area (Å²) in [6.45, 7) is 4.45. The van der Waals surface area contributed by atoms with Gasteiger partial charge in [0.2, 0.25) is 5.91 Å². The fraction of sp³-hybridized carbons (Fsp3) is 0.308. The summed E-state index contributed by atoms with van der Waals surface area (Å²) in [6.07, 6.45) is 1.05. The number of nitrogens with one attached hydrogen (secondary N) is 1. The lowest BCUT2D eigenvalue weighted by Crippen LogP contribution is -2.25. The lowest BCUT2D eigenvalue weighted by molar-refractivity contribution is -0.116. The van der Waals surface area contributed by atoms with Gasteiger partial charge in [0.1, 0.15) is 0 Å². The minimum atomic E-state index is -3.54. The van der Waals surface area contributed by atoms with Crippen LogP contribution in [-0.2, 0) is 14.6 Å². The first-order valence-corrected chi connectivity index (χ1v) is 7.22. The molecule has 0 heterocycles. The van der Waals surface area contributed by atoms with E-state index in [0.29, 0.717) is 12.5 Å². The molecule has 5 heteroatoms. The van der Waals surface area contributed by atoms with Gasteiger partial charge in [0.05, 0.1) is 4.90 Å². The van der Waals surface area contributed by atoms with Crippen LogP contribution in [0.4, 0.5) is 0 Å². The molecule has 0 spiro atoms. The summed E-state index contributed by atoms with van der Waals surface area (Å²) in [5.74, 6) is -0.0729. The van der Waals surface area contributed by atoms with Crippen LogP contribution >= 0.6 is 0 Å². The maximum Gasteiger partial charge on any atom is 0.244 e. The van der Waals surface area contributed by atoms with Gasteiger partial charge in [-0.1, -0.05) is 32.0 Å². The average molecular weight is 267 g/mol. The second kappa shape index (κ2) is 6.35. The Morgan fingerprint density at radius 3 is 2.44 bits per heavy atom. The molecule has 0 unspecified atom stereocenters. The highest BCUT2D eigenvalue weighted by molar-refractivity contribution is 7.94. The van der Waals surface area contributed by atoms with Crippen LogP contribution < -0.4 is 5.32 Å². The summed E-state index contributed by atoms with van der Waals surface area (Å²) >= 11 is 0. The molecule has 0 atom stereocenters. The molecule has 0 aliphatic carbocycles. The maximum atomic E-state index is 11.8. The van der Waals surface area contributed by atoms with Crippen molar-refractivity contribution in [3.63, 3.8) is 0 Å². The Bertz CT molecular complexity index is 518. The fourth-order valence-corrected chi connectivity index (χ4v) is 2.20. The average Bonchev–Trinajstić information content (AvgIpc) is 2.35. The van der Waals surface area contributed by atoms with E-state index in [1.807, 2.05) is 13.8 Å². The number of hydrogen-bond acceptors (Lipinski definition) is 3. The van der Waals surface area contributed by atoms with Crippen molar-refractivity contribution in [3.8, 4) is 0 Å². The number of rotatable bonds is 5. The highest BCUT2D eigenvalue weighted by atomic mass is 32.2. The topological polar surface area (TPSA) is 63.2 Å². The zero-order valence-corrected chi connectivity index (χ0v) is 11.3. The SMILES string of the molecule is CC(C)CNC(=O)/C=C/S(=O)(=O)c1ccccc1. The van der Waals surface area contributed by atoms with Crippen molar-refractivity contribution in [2.24, 2.45) is 5.92 Å². The van der Waals surface area contributed by atoms with Gasteiger partial charge in [0.15, 0.2) is 9.84 Å². The van der Waals surface area contributed by atoms with E-state index in [-0.39, 0.29) is 4.90 Å². The summed E-state index contributed by atoms with van der Waals surface area (Å²) < 4.78 is 23.6. The predicted octanol–water partition coefficient (Wildman–Crippen LogP) is 1.75. The van der Waals surface area contributed by atoms with Crippen LogP contribution in [0.1, 0.15) is 13.8 Å². The van der Waals surface area contributed by atoms with Crippen LogP contribution in [0.2, 0.25) is 0 Å². The molecule has 0 saturated heterocycles. The Labute approximate surface area is 108 Å². The van der Waals surface area contributed by atoms with Crippen LogP contribution in [0.25, 0.3) is 0 Å². The maximum absolute atomic E-state index is 11.8. The predicted molar refractivity (Wildman–Crippen MR) is 70.6 cm³/mol. The van der Waals surface area contributed by atoms with Crippen molar-refractivity contribution < 1.29 is 13.2 Å². The van der Waals surface area contributed by atoms with E-state index in [1.165, 1.54) is 12.1 Å². The van der Waals surface area contributed by atoms with E-state index >= 15 is 0 Å². The lowest BCUT2D eigenvalue weighted by atomic mass is 10.2. The minimum absolute atomic E-state index is 0.179. The molecule has 4 nitrogen and oxygen atoms in total. The highest BCUT2D eigenvalue weighted by Gasteiger charge is 2.09. The highest BCUT2D eigenvalue weighted by Crippen LogP contribution is 2.10. The van der Waals surface area contributed by atoms with Crippen molar-refractivity contribution in [1.82, 2.24) is 5.32 Å². The molecule has 1 aromatic carbocycles. The van der Waals surface area contributed by atoms with Gasteiger partial charge in [-0.05, 0) is 18.1 Å². The Morgan fingerprint density at radius 1 is 1.28 bits per heavy atom. The standard InChI is InChI=1S/C13H17NO3S/c1-11(2)10-14-13(15)8-9-18(16,17)12-6-4-3-5-7-12/h3-9,11H,10H2,1-2H3,(H,14,15)/b9-8+. The quantitative estimate of drug-likeness (QED) is 0.827. The normalized spacial score (nSPS) is 11.9. The van der Waals surface area contributed by atoms with Crippen LogP contribution in [0.5, 0.6) is 0 Å². The number of sulfone groups is 1. The minimum Gasteiger partial charge on any atom is -0.352 e. The second-order valence-corrected chi connectivity index (χ2v) is 6.13. The molecule has 0 bridgehead atoms. The van der Waals surface area contributed by atoms with E-state index in [0.717, 1.165) is 11.5 Å². The molecule has 0 radical (unpaired) electrons. The van der Waals surface area contributed by atoms with Gasteiger partial charge in [0.25, 0.3) is 0 Å². The Hall–Kier alpha value is -1.62. The van der Waals surface area contributed by atoms with Crippen LogP contribution in [0.3, 0.4) is 0 Å². The van der Waals surface area contributed by atoms with Crippen molar-refractivity contribution in [2.45, 2.75) is 18.7 Å². The van der Waals surface area contributed by atoms with Gasteiger partial charge in [-0.25, -0.2) is 8.42 Å². The third-order valence-electron chi connectivity index (χ3n) is 2.15. The molecule has 1 N–H and O–H groups in total. The molecule has 0 aliphatic heterocycles. The molecule has 18 heavy (non-hydrogen) atoms. The van der Waals surface area contributed by atoms with Gasteiger partial charge in [-0.15, -0.1) is 0 Å². The number of amides is 1. The monoisotopic (exact) mass is 267 g/mol. The van der Waals surface area contributed by atoms with Crippen LogP contribution in [0.15, 0.2) is 46.7 Å². The molecule has 1 aromatic rings. The van der Waals surface area contributed by atoms with E-state index < -0.39 is 15.7 Å². The van der Waals surface area contributed by atoms with Crippen LogP contribution in [-0.4, -0.2) is 20.9 Å². The number of carbonyl (C=O) groups excluding carboxylic acids is 1.